The molecule has 34 heavy (non-hydrogen) atoms. The van der Waals surface area contributed by atoms with Crippen LogP contribution < -0.4 is 0 Å². The molecule has 3 aromatic rings. The summed E-state index contributed by atoms with van der Waals surface area (Å²) in [5.74, 6) is 0.461. The van der Waals surface area contributed by atoms with E-state index < -0.39 is 11.7 Å². The van der Waals surface area contributed by atoms with E-state index in [1.807, 2.05) is 13.0 Å². The summed E-state index contributed by atoms with van der Waals surface area (Å²) in [6.07, 6.45) is -4.45. The standard InChI is InChI=1S/C23H24F3N5O3/c1-15-18(6-4-8-20(15)31(32)33)14-29-9-11-30(12-10-29)16(2)22-27-21(28-34-22)17-5-3-7-19(13-17)23(24,25)26/h3-8,13,16H,9-12,14H2,1-2H3. The first-order chi connectivity index (χ1) is 16.1. The Morgan fingerprint density at radius 1 is 1.15 bits per heavy atom. The average Bonchev–Trinajstić information content (AvgIpc) is 3.30. The van der Waals surface area contributed by atoms with E-state index in [4.69, 9.17) is 4.52 Å². The van der Waals surface area contributed by atoms with Crippen LogP contribution in [0.2, 0.25) is 0 Å². The highest BCUT2D eigenvalue weighted by Crippen LogP contribution is 2.32. The molecule has 2 heterocycles. The molecule has 8 nitrogen and oxygen atoms in total. The van der Waals surface area contributed by atoms with E-state index in [1.165, 1.54) is 18.2 Å². The van der Waals surface area contributed by atoms with Gasteiger partial charge in [-0.15, -0.1) is 0 Å². The van der Waals surface area contributed by atoms with Crippen LogP contribution in [0.1, 0.15) is 35.5 Å². The smallest absolute Gasteiger partial charge is 0.337 e. The molecule has 1 saturated heterocycles. The molecule has 11 heteroatoms. The maximum Gasteiger partial charge on any atom is 0.416 e. The Morgan fingerprint density at radius 3 is 2.53 bits per heavy atom. The van der Waals surface area contributed by atoms with Crippen molar-refractivity contribution in [2.45, 2.75) is 32.6 Å². The first-order valence-corrected chi connectivity index (χ1v) is 10.8. The molecule has 0 radical (unpaired) electrons. The zero-order valence-electron chi connectivity index (χ0n) is 18.7. The lowest BCUT2D eigenvalue weighted by molar-refractivity contribution is -0.385. The van der Waals surface area contributed by atoms with Gasteiger partial charge in [-0.3, -0.25) is 19.9 Å². The van der Waals surface area contributed by atoms with Crippen molar-refractivity contribution in [1.82, 2.24) is 19.9 Å². The Balaban J connectivity index is 1.38. The fourth-order valence-electron chi connectivity index (χ4n) is 4.10. The number of hydrogen-bond donors (Lipinski definition) is 0. The van der Waals surface area contributed by atoms with E-state index in [1.54, 1.807) is 13.0 Å². The zero-order chi connectivity index (χ0) is 24.5. The molecule has 1 aliphatic heterocycles. The summed E-state index contributed by atoms with van der Waals surface area (Å²) in [4.78, 5) is 19.6. The topological polar surface area (TPSA) is 88.5 Å². The molecule has 0 spiro atoms. The molecule has 0 N–H and O–H groups in total. The van der Waals surface area contributed by atoms with E-state index >= 15 is 0 Å². The quantitative estimate of drug-likeness (QED) is 0.372. The first kappa shape index (κ1) is 23.8. The zero-order valence-corrected chi connectivity index (χ0v) is 18.7. The summed E-state index contributed by atoms with van der Waals surface area (Å²) in [5, 5.41) is 15.1. The largest absolute Gasteiger partial charge is 0.416 e. The van der Waals surface area contributed by atoms with Crippen LogP contribution in [-0.4, -0.2) is 51.0 Å². The van der Waals surface area contributed by atoms with Crippen molar-refractivity contribution in [3.8, 4) is 11.4 Å². The second kappa shape index (κ2) is 9.51. The molecule has 1 unspecified atom stereocenters. The van der Waals surface area contributed by atoms with Gasteiger partial charge in [-0.2, -0.15) is 18.2 Å². The van der Waals surface area contributed by atoms with E-state index in [-0.39, 0.29) is 28.0 Å². The van der Waals surface area contributed by atoms with Crippen molar-refractivity contribution >= 4 is 5.69 Å². The predicted molar refractivity (Wildman–Crippen MR) is 118 cm³/mol. The Hall–Kier alpha value is -3.31. The number of nitro groups is 1. The molecule has 4 rings (SSSR count). The third-order valence-electron chi connectivity index (χ3n) is 6.21. The molecule has 180 valence electrons. The molecular formula is C23H24F3N5O3. The van der Waals surface area contributed by atoms with Crippen molar-refractivity contribution < 1.29 is 22.6 Å². The number of benzene rings is 2. The average molecular weight is 475 g/mol. The van der Waals surface area contributed by atoms with Crippen LogP contribution in [0.5, 0.6) is 0 Å². The normalized spacial score (nSPS) is 16.5. The van der Waals surface area contributed by atoms with Crippen LogP contribution in [0.3, 0.4) is 0 Å². The Bertz CT molecular complexity index is 1170. The summed E-state index contributed by atoms with van der Waals surface area (Å²) in [6, 6.07) is 9.77. The second-order valence-corrected chi connectivity index (χ2v) is 8.34. The SMILES string of the molecule is Cc1c(CN2CCN(C(C)c3nc(-c4cccc(C(F)(F)F)c4)no3)CC2)cccc1[N+](=O)[O-]. The summed E-state index contributed by atoms with van der Waals surface area (Å²) in [6.45, 7) is 7.25. The minimum absolute atomic E-state index is 0.118. The molecule has 2 aromatic carbocycles. The van der Waals surface area contributed by atoms with Crippen LogP contribution >= 0.6 is 0 Å². The number of hydrogen-bond acceptors (Lipinski definition) is 7. The Kier molecular flexibility index (Phi) is 6.67. The number of piperazine rings is 1. The molecule has 1 atom stereocenters. The summed E-state index contributed by atoms with van der Waals surface area (Å²) in [7, 11) is 0. The number of rotatable bonds is 6. The number of halogens is 3. The van der Waals surface area contributed by atoms with Gasteiger partial charge in [0.15, 0.2) is 0 Å². The van der Waals surface area contributed by atoms with E-state index in [2.05, 4.69) is 19.9 Å². The number of nitro benzene ring substituents is 1. The highest BCUT2D eigenvalue weighted by Gasteiger charge is 2.31. The third kappa shape index (κ3) is 5.10. The van der Waals surface area contributed by atoms with Gasteiger partial charge in [0.2, 0.25) is 11.7 Å². The molecule has 0 bridgehead atoms. The monoisotopic (exact) mass is 475 g/mol. The third-order valence-corrected chi connectivity index (χ3v) is 6.21. The molecule has 0 saturated carbocycles. The van der Waals surface area contributed by atoms with Gasteiger partial charge in [-0.25, -0.2) is 0 Å². The fourth-order valence-corrected chi connectivity index (χ4v) is 4.10. The van der Waals surface area contributed by atoms with E-state index in [9.17, 15) is 23.3 Å². The Labute approximate surface area is 194 Å². The highest BCUT2D eigenvalue weighted by molar-refractivity contribution is 5.55. The summed E-state index contributed by atoms with van der Waals surface area (Å²) >= 11 is 0. The van der Waals surface area contributed by atoms with Gasteiger partial charge < -0.3 is 4.52 Å². The van der Waals surface area contributed by atoms with Crippen LogP contribution in [0, 0.1) is 17.0 Å². The maximum atomic E-state index is 13.0. The minimum atomic E-state index is -4.45. The molecule has 1 aliphatic rings. The van der Waals surface area contributed by atoms with Crippen molar-refractivity contribution in [1.29, 1.82) is 0 Å². The maximum absolute atomic E-state index is 13.0. The van der Waals surface area contributed by atoms with Crippen LogP contribution in [0.15, 0.2) is 47.0 Å². The van der Waals surface area contributed by atoms with Crippen molar-refractivity contribution in [2.75, 3.05) is 26.2 Å². The first-order valence-electron chi connectivity index (χ1n) is 10.8. The second-order valence-electron chi connectivity index (χ2n) is 8.34. The molecule has 1 fully saturated rings. The summed E-state index contributed by atoms with van der Waals surface area (Å²) in [5.41, 5.74) is 1.21. The Morgan fingerprint density at radius 2 is 1.85 bits per heavy atom. The van der Waals surface area contributed by atoms with Gasteiger partial charge >= 0.3 is 6.18 Å². The van der Waals surface area contributed by atoms with Crippen LogP contribution in [0.4, 0.5) is 18.9 Å². The van der Waals surface area contributed by atoms with E-state index in [0.717, 1.165) is 43.9 Å². The lowest BCUT2D eigenvalue weighted by atomic mass is 10.1. The van der Waals surface area contributed by atoms with Crippen molar-refractivity contribution in [3.05, 3.63) is 75.2 Å². The van der Waals surface area contributed by atoms with Gasteiger partial charge in [0.05, 0.1) is 16.5 Å². The molecule has 0 aliphatic carbocycles. The minimum Gasteiger partial charge on any atom is -0.337 e. The van der Waals surface area contributed by atoms with E-state index in [0.29, 0.717) is 18.0 Å². The number of nitrogens with zero attached hydrogens (tertiary/aromatic N) is 5. The van der Waals surface area contributed by atoms with Gasteiger partial charge in [-0.05, 0) is 31.5 Å². The van der Waals surface area contributed by atoms with Gasteiger partial charge in [0.1, 0.15) is 0 Å². The van der Waals surface area contributed by atoms with Gasteiger partial charge in [-0.1, -0.05) is 29.4 Å². The predicted octanol–water partition coefficient (Wildman–Crippen LogP) is 4.85. The van der Waals surface area contributed by atoms with Crippen molar-refractivity contribution in [2.24, 2.45) is 0 Å². The molecule has 0 amide bonds. The number of aromatic nitrogens is 2. The number of alkyl halides is 3. The van der Waals surface area contributed by atoms with Crippen LogP contribution in [0.25, 0.3) is 11.4 Å². The lowest BCUT2D eigenvalue weighted by Gasteiger charge is -2.37. The summed E-state index contributed by atoms with van der Waals surface area (Å²) < 4.78 is 44.4. The fraction of sp³-hybridized carbons (Fsp3) is 0.391. The molecule has 1 aromatic heterocycles. The lowest BCUT2D eigenvalue weighted by Crippen LogP contribution is -2.46. The van der Waals surface area contributed by atoms with Gasteiger partial charge in [0, 0.05) is 49.9 Å². The molecular weight excluding hydrogens is 451 g/mol. The highest BCUT2D eigenvalue weighted by atomic mass is 19.4. The van der Waals surface area contributed by atoms with Crippen molar-refractivity contribution in [3.63, 3.8) is 0 Å². The van der Waals surface area contributed by atoms with Gasteiger partial charge in [0.25, 0.3) is 5.69 Å². The van der Waals surface area contributed by atoms with Crippen LogP contribution in [-0.2, 0) is 12.7 Å².